The van der Waals surface area contributed by atoms with E-state index in [1.54, 1.807) is 6.20 Å². The van der Waals surface area contributed by atoms with Crippen LogP contribution in [0.2, 0.25) is 0 Å². The van der Waals surface area contributed by atoms with E-state index in [4.69, 9.17) is 0 Å². The first-order chi connectivity index (χ1) is 7.31. The number of halogens is 1. The number of nitrogens with one attached hydrogen (secondary N) is 2. The first kappa shape index (κ1) is 10.2. The van der Waals surface area contributed by atoms with Crippen LogP contribution in [0.1, 0.15) is 5.56 Å². The molecule has 2 aromatic rings. The second kappa shape index (κ2) is 4.47. The molecule has 4 heteroatoms. The average Bonchev–Trinajstić information content (AvgIpc) is 2.62. The van der Waals surface area contributed by atoms with Crippen molar-refractivity contribution in [3.8, 4) is 11.8 Å². The number of hydrogen-bond acceptors (Lipinski definition) is 2. The molecular weight excluding hydrogens is 254 g/mol. The van der Waals surface area contributed by atoms with E-state index in [0.717, 1.165) is 21.1 Å². The van der Waals surface area contributed by atoms with E-state index in [-0.39, 0.29) is 0 Å². The highest BCUT2D eigenvalue weighted by Crippen LogP contribution is 2.19. The van der Waals surface area contributed by atoms with Crippen molar-refractivity contribution < 1.29 is 0 Å². The molecular formula is C11H10BrN3. The van der Waals surface area contributed by atoms with Gasteiger partial charge in [-0.25, -0.2) is 4.98 Å². The Hall–Kier alpha value is -1.31. The minimum Gasteiger partial charge on any atom is -0.345 e. The molecule has 15 heavy (non-hydrogen) atoms. The maximum absolute atomic E-state index is 4.24. The Morgan fingerprint density at radius 1 is 1.60 bits per heavy atom. The molecule has 0 aliphatic carbocycles. The van der Waals surface area contributed by atoms with Crippen molar-refractivity contribution >= 4 is 27.0 Å². The van der Waals surface area contributed by atoms with Crippen LogP contribution in [0.5, 0.6) is 0 Å². The molecule has 0 aliphatic heterocycles. The van der Waals surface area contributed by atoms with Crippen molar-refractivity contribution in [1.82, 2.24) is 15.3 Å². The van der Waals surface area contributed by atoms with Gasteiger partial charge in [-0.3, -0.25) is 0 Å². The molecule has 3 nitrogen and oxygen atoms in total. The Balaban J connectivity index is 2.45. The van der Waals surface area contributed by atoms with E-state index in [0.29, 0.717) is 6.54 Å². The summed E-state index contributed by atoms with van der Waals surface area (Å²) >= 11 is 3.40. The van der Waals surface area contributed by atoms with Crippen LogP contribution in [0.3, 0.4) is 0 Å². The van der Waals surface area contributed by atoms with Crippen molar-refractivity contribution in [2.45, 2.75) is 0 Å². The zero-order valence-electron chi connectivity index (χ0n) is 8.26. The lowest BCUT2D eigenvalue weighted by atomic mass is 10.2. The van der Waals surface area contributed by atoms with Crippen molar-refractivity contribution in [3.05, 3.63) is 28.5 Å². The lowest BCUT2D eigenvalue weighted by Crippen LogP contribution is -2.04. The van der Waals surface area contributed by atoms with Gasteiger partial charge in [0.25, 0.3) is 0 Å². The van der Waals surface area contributed by atoms with E-state index >= 15 is 0 Å². The van der Waals surface area contributed by atoms with Crippen molar-refractivity contribution in [3.63, 3.8) is 0 Å². The van der Waals surface area contributed by atoms with Gasteiger partial charge in [0.15, 0.2) is 0 Å². The van der Waals surface area contributed by atoms with Gasteiger partial charge in [-0.05, 0) is 29.0 Å². The SMILES string of the molecule is CNCC#Cc1c[nH]c2ncc(Br)cc12. The minimum absolute atomic E-state index is 0.689. The van der Waals surface area contributed by atoms with Gasteiger partial charge in [-0.1, -0.05) is 11.8 Å². The molecule has 2 heterocycles. The summed E-state index contributed by atoms with van der Waals surface area (Å²) in [5.41, 5.74) is 1.85. The standard InChI is InChI=1S/C11H10BrN3/c1-13-4-2-3-8-6-14-11-10(8)5-9(12)7-15-11/h5-7,13H,4H2,1H3,(H,14,15). The van der Waals surface area contributed by atoms with E-state index in [9.17, 15) is 0 Å². The van der Waals surface area contributed by atoms with Crippen LogP contribution in [0.4, 0.5) is 0 Å². The molecule has 0 amide bonds. The molecule has 0 bridgehead atoms. The molecule has 76 valence electrons. The quantitative estimate of drug-likeness (QED) is 0.772. The third-order valence-corrected chi connectivity index (χ3v) is 2.42. The van der Waals surface area contributed by atoms with Crippen LogP contribution in [-0.2, 0) is 0 Å². The maximum atomic E-state index is 4.24. The van der Waals surface area contributed by atoms with Gasteiger partial charge in [0.2, 0.25) is 0 Å². The molecule has 2 rings (SSSR count). The van der Waals surface area contributed by atoms with E-state index in [1.165, 1.54) is 0 Å². The Kier molecular flexibility index (Phi) is 3.05. The monoisotopic (exact) mass is 263 g/mol. The second-order valence-corrected chi connectivity index (χ2v) is 4.00. The second-order valence-electron chi connectivity index (χ2n) is 3.08. The largest absolute Gasteiger partial charge is 0.345 e. The fourth-order valence-corrected chi connectivity index (χ4v) is 1.64. The summed E-state index contributed by atoms with van der Waals surface area (Å²) in [6.07, 6.45) is 3.65. The molecule has 0 unspecified atom stereocenters. The zero-order valence-corrected chi connectivity index (χ0v) is 9.85. The summed E-state index contributed by atoms with van der Waals surface area (Å²) in [6, 6.07) is 2.02. The summed E-state index contributed by atoms with van der Waals surface area (Å²) in [5, 5.41) is 4.03. The molecule has 0 fully saturated rings. The van der Waals surface area contributed by atoms with Crippen LogP contribution in [0.15, 0.2) is 22.9 Å². The third kappa shape index (κ3) is 2.20. The van der Waals surface area contributed by atoms with Gasteiger partial charge in [-0.15, -0.1) is 0 Å². The number of fused-ring (bicyclic) bond motifs is 1. The summed E-state index contributed by atoms with van der Waals surface area (Å²) in [4.78, 5) is 7.33. The summed E-state index contributed by atoms with van der Waals surface area (Å²) in [7, 11) is 1.88. The number of nitrogens with zero attached hydrogens (tertiary/aromatic N) is 1. The van der Waals surface area contributed by atoms with Gasteiger partial charge in [0.05, 0.1) is 12.1 Å². The lowest BCUT2D eigenvalue weighted by molar-refractivity contribution is 0.938. The van der Waals surface area contributed by atoms with Crippen LogP contribution >= 0.6 is 15.9 Å². The number of rotatable bonds is 1. The fraction of sp³-hybridized carbons (Fsp3) is 0.182. The van der Waals surface area contributed by atoms with Crippen LogP contribution in [0.25, 0.3) is 11.0 Å². The number of aromatic amines is 1. The number of H-pyrrole nitrogens is 1. The molecule has 0 saturated carbocycles. The Morgan fingerprint density at radius 3 is 3.27 bits per heavy atom. The van der Waals surface area contributed by atoms with Crippen LogP contribution in [-0.4, -0.2) is 23.6 Å². The van der Waals surface area contributed by atoms with Crippen molar-refractivity contribution in [2.24, 2.45) is 0 Å². The van der Waals surface area contributed by atoms with Gasteiger partial charge in [-0.2, -0.15) is 0 Å². The van der Waals surface area contributed by atoms with Gasteiger partial charge in [0.1, 0.15) is 5.65 Å². The van der Waals surface area contributed by atoms with Crippen molar-refractivity contribution in [1.29, 1.82) is 0 Å². The molecule has 0 atom stereocenters. The Morgan fingerprint density at radius 2 is 2.47 bits per heavy atom. The molecule has 0 aromatic carbocycles. The van der Waals surface area contributed by atoms with Crippen LogP contribution < -0.4 is 5.32 Å². The molecule has 0 aliphatic rings. The molecule has 0 spiro atoms. The molecule has 0 radical (unpaired) electrons. The number of aromatic nitrogens is 2. The van der Waals surface area contributed by atoms with E-state index in [2.05, 4.69) is 43.1 Å². The highest BCUT2D eigenvalue weighted by molar-refractivity contribution is 9.10. The van der Waals surface area contributed by atoms with E-state index < -0.39 is 0 Å². The number of pyridine rings is 1. The molecule has 0 saturated heterocycles. The van der Waals surface area contributed by atoms with Gasteiger partial charge in [0, 0.05) is 22.3 Å². The highest BCUT2D eigenvalue weighted by atomic mass is 79.9. The number of hydrogen-bond donors (Lipinski definition) is 2. The smallest absolute Gasteiger partial charge is 0.138 e. The zero-order chi connectivity index (χ0) is 10.7. The highest BCUT2D eigenvalue weighted by Gasteiger charge is 2.02. The Bertz CT molecular complexity index is 533. The van der Waals surface area contributed by atoms with Gasteiger partial charge < -0.3 is 10.3 Å². The maximum Gasteiger partial charge on any atom is 0.138 e. The Labute approximate surface area is 96.4 Å². The predicted molar refractivity (Wildman–Crippen MR) is 64.6 cm³/mol. The average molecular weight is 264 g/mol. The molecule has 2 aromatic heterocycles. The minimum atomic E-state index is 0.689. The topological polar surface area (TPSA) is 40.7 Å². The van der Waals surface area contributed by atoms with E-state index in [1.807, 2.05) is 19.3 Å². The first-order valence-electron chi connectivity index (χ1n) is 4.57. The third-order valence-electron chi connectivity index (χ3n) is 1.99. The lowest BCUT2D eigenvalue weighted by Gasteiger charge is -1.91. The first-order valence-corrected chi connectivity index (χ1v) is 5.36. The van der Waals surface area contributed by atoms with Crippen molar-refractivity contribution in [2.75, 3.05) is 13.6 Å². The predicted octanol–water partition coefficient (Wildman–Crippen LogP) is 1.90. The fourth-order valence-electron chi connectivity index (χ4n) is 1.31. The normalized spacial score (nSPS) is 10.0. The summed E-state index contributed by atoms with van der Waals surface area (Å²) in [6.45, 7) is 0.689. The summed E-state index contributed by atoms with van der Waals surface area (Å²) < 4.78 is 0.964. The van der Waals surface area contributed by atoms with Crippen LogP contribution in [0, 0.1) is 11.8 Å². The van der Waals surface area contributed by atoms with Gasteiger partial charge >= 0.3 is 0 Å². The molecule has 2 N–H and O–H groups in total. The summed E-state index contributed by atoms with van der Waals surface area (Å²) in [5.74, 6) is 6.12.